The Bertz CT molecular complexity index is 1180. The number of hydrogen-bond donors (Lipinski definition) is 3. The highest BCUT2D eigenvalue weighted by molar-refractivity contribution is 7.21. The maximum absolute atomic E-state index is 13.3. The number of thiophene rings is 1. The Hall–Kier alpha value is -2.97. The fourth-order valence-electron chi connectivity index (χ4n) is 4.52. The van der Waals surface area contributed by atoms with Gasteiger partial charge in [-0.25, -0.2) is 9.78 Å². The predicted octanol–water partition coefficient (Wildman–Crippen LogP) is 4.66. The Morgan fingerprint density at radius 3 is 3.00 bits per heavy atom. The third-order valence-electron chi connectivity index (χ3n) is 5.90. The molecular weight excluding hydrogens is 422 g/mol. The van der Waals surface area contributed by atoms with Crippen molar-refractivity contribution in [3.8, 4) is 0 Å². The number of pyridine rings is 1. The maximum atomic E-state index is 13.3. The Kier molecular flexibility index (Phi) is 5.57. The van der Waals surface area contributed by atoms with Crippen LogP contribution >= 0.6 is 11.3 Å². The number of hydrogen-bond acceptors (Lipinski definition) is 5. The van der Waals surface area contributed by atoms with Gasteiger partial charge in [-0.3, -0.25) is 9.69 Å². The Morgan fingerprint density at radius 1 is 1.34 bits per heavy atom. The van der Waals surface area contributed by atoms with E-state index in [0.717, 1.165) is 53.9 Å². The monoisotopic (exact) mass is 449 g/mol. The fraction of sp³-hybridized carbons (Fsp3) is 0.375. The van der Waals surface area contributed by atoms with Crippen LogP contribution in [0.15, 0.2) is 36.5 Å². The number of amides is 3. The summed E-state index contributed by atoms with van der Waals surface area (Å²) >= 11 is 1.33. The van der Waals surface area contributed by atoms with E-state index >= 15 is 0 Å². The van der Waals surface area contributed by atoms with Gasteiger partial charge in [0.15, 0.2) is 0 Å². The Labute approximate surface area is 191 Å². The quantitative estimate of drug-likeness (QED) is 0.529. The van der Waals surface area contributed by atoms with Crippen molar-refractivity contribution in [1.29, 1.82) is 0 Å². The molecule has 0 radical (unpaired) electrons. The number of carbonyl (C=O) groups is 2. The van der Waals surface area contributed by atoms with Gasteiger partial charge in [0.05, 0.1) is 22.4 Å². The molecule has 32 heavy (non-hydrogen) atoms. The lowest BCUT2D eigenvalue weighted by Crippen LogP contribution is -2.45. The highest BCUT2D eigenvalue weighted by atomic mass is 32.1. The van der Waals surface area contributed by atoms with Crippen LogP contribution in [0, 0.1) is 5.92 Å². The highest BCUT2D eigenvalue weighted by Gasteiger charge is 2.33. The van der Waals surface area contributed by atoms with Crippen LogP contribution in [-0.4, -0.2) is 36.1 Å². The van der Waals surface area contributed by atoms with Gasteiger partial charge in [0.25, 0.3) is 5.91 Å². The molecule has 2 aromatic heterocycles. The SMILES string of the molecule is CC(C)Cc1cccc(N2C(=O)Nc3c(C(=O)NC4CCCNC4)sc4nccc2c34)c1. The molecule has 3 amide bonds. The van der Waals surface area contributed by atoms with Gasteiger partial charge in [0.2, 0.25) is 0 Å². The van der Waals surface area contributed by atoms with Crippen molar-refractivity contribution in [2.75, 3.05) is 23.3 Å². The number of aromatic nitrogens is 1. The van der Waals surface area contributed by atoms with E-state index in [-0.39, 0.29) is 18.0 Å². The van der Waals surface area contributed by atoms with E-state index in [1.54, 1.807) is 11.1 Å². The molecule has 0 aliphatic carbocycles. The van der Waals surface area contributed by atoms with Crippen molar-refractivity contribution in [2.24, 2.45) is 5.92 Å². The first-order valence-corrected chi connectivity index (χ1v) is 12.0. The molecular formula is C24H27N5O2S. The number of nitrogens with one attached hydrogen (secondary N) is 3. The summed E-state index contributed by atoms with van der Waals surface area (Å²) in [6.45, 7) is 6.11. The zero-order chi connectivity index (χ0) is 22.2. The molecule has 1 fully saturated rings. The number of benzene rings is 1. The molecule has 2 aliphatic rings. The standard InChI is InChI=1S/C24H27N5O2S/c1-14(2)11-15-5-3-7-17(12-15)29-18-8-10-26-23-19(18)20(28-24(29)31)21(32-23)22(30)27-16-6-4-9-25-13-16/h3,5,7-8,10,12,14,16,25H,4,6,9,11,13H2,1-2H3,(H,27,30)(H,28,31). The lowest BCUT2D eigenvalue weighted by molar-refractivity contribution is 0.0935. The van der Waals surface area contributed by atoms with Crippen molar-refractivity contribution in [3.63, 3.8) is 0 Å². The van der Waals surface area contributed by atoms with E-state index in [1.165, 1.54) is 16.9 Å². The number of anilines is 3. The molecule has 1 unspecified atom stereocenters. The third-order valence-corrected chi connectivity index (χ3v) is 6.99. The second-order valence-electron chi connectivity index (χ2n) is 8.87. The van der Waals surface area contributed by atoms with Crippen molar-refractivity contribution in [2.45, 2.75) is 39.2 Å². The Balaban J connectivity index is 1.53. The molecule has 0 saturated carbocycles. The zero-order valence-electron chi connectivity index (χ0n) is 18.3. The third kappa shape index (κ3) is 3.84. The lowest BCUT2D eigenvalue weighted by atomic mass is 10.0. The average molecular weight is 450 g/mol. The summed E-state index contributed by atoms with van der Waals surface area (Å²) in [5.74, 6) is 0.368. The summed E-state index contributed by atoms with van der Waals surface area (Å²) in [5.41, 5.74) is 3.32. The van der Waals surface area contributed by atoms with Crippen LogP contribution in [0.1, 0.15) is 41.9 Å². The molecule has 0 spiro atoms. The molecule has 1 atom stereocenters. The maximum Gasteiger partial charge on any atom is 0.331 e. The topological polar surface area (TPSA) is 86.4 Å². The number of nitrogens with zero attached hydrogens (tertiary/aromatic N) is 2. The van der Waals surface area contributed by atoms with Gasteiger partial charge in [0, 0.05) is 18.8 Å². The van der Waals surface area contributed by atoms with E-state index < -0.39 is 0 Å². The largest absolute Gasteiger partial charge is 0.347 e. The number of carbonyl (C=O) groups excluding carboxylic acids is 2. The van der Waals surface area contributed by atoms with E-state index in [9.17, 15) is 9.59 Å². The van der Waals surface area contributed by atoms with Crippen molar-refractivity contribution >= 4 is 50.6 Å². The minimum absolute atomic E-state index is 0.0978. The summed E-state index contributed by atoms with van der Waals surface area (Å²) < 4.78 is 0. The molecule has 3 N–H and O–H groups in total. The van der Waals surface area contributed by atoms with Crippen LogP contribution in [0.5, 0.6) is 0 Å². The van der Waals surface area contributed by atoms with Gasteiger partial charge < -0.3 is 16.0 Å². The number of urea groups is 1. The summed E-state index contributed by atoms with van der Waals surface area (Å²) in [6, 6.07) is 9.76. The smallest absolute Gasteiger partial charge is 0.331 e. The first kappa shape index (κ1) is 20.9. The van der Waals surface area contributed by atoms with Crippen molar-refractivity contribution < 1.29 is 9.59 Å². The predicted molar refractivity (Wildman–Crippen MR) is 129 cm³/mol. The molecule has 7 nitrogen and oxygen atoms in total. The molecule has 4 heterocycles. The molecule has 166 valence electrons. The van der Waals surface area contributed by atoms with Crippen molar-refractivity contribution in [3.05, 3.63) is 47.0 Å². The van der Waals surface area contributed by atoms with Gasteiger partial charge in [-0.1, -0.05) is 26.0 Å². The molecule has 0 bridgehead atoms. The zero-order valence-corrected chi connectivity index (χ0v) is 19.1. The van der Waals surface area contributed by atoms with Crippen LogP contribution in [0.3, 0.4) is 0 Å². The molecule has 5 rings (SSSR count). The van der Waals surface area contributed by atoms with Crippen LogP contribution in [-0.2, 0) is 6.42 Å². The minimum atomic E-state index is -0.265. The highest BCUT2D eigenvalue weighted by Crippen LogP contribution is 2.45. The molecule has 1 saturated heterocycles. The Morgan fingerprint density at radius 2 is 2.22 bits per heavy atom. The van der Waals surface area contributed by atoms with Crippen molar-refractivity contribution in [1.82, 2.24) is 15.6 Å². The van der Waals surface area contributed by atoms with Gasteiger partial charge in [0.1, 0.15) is 9.71 Å². The molecule has 2 aliphatic heterocycles. The van der Waals surface area contributed by atoms with E-state index in [0.29, 0.717) is 16.5 Å². The van der Waals surface area contributed by atoms with Crippen LogP contribution in [0.2, 0.25) is 0 Å². The average Bonchev–Trinajstić information content (AvgIpc) is 3.14. The lowest BCUT2D eigenvalue weighted by Gasteiger charge is -2.29. The summed E-state index contributed by atoms with van der Waals surface area (Å²) in [6.07, 6.45) is 4.64. The first-order chi connectivity index (χ1) is 15.5. The van der Waals surface area contributed by atoms with Gasteiger partial charge in [-0.05, 0) is 55.5 Å². The normalized spacial score (nSPS) is 18.2. The fourth-order valence-corrected chi connectivity index (χ4v) is 5.54. The van der Waals surface area contributed by atoms with Gasteiger partial charge in [-0.2, -0.15) is 0 Å². The van der Waals surface area contributed by atoms with Gasteiger partial charge in [-0.15, -0.1) is 11.3 Å². The van der Waals surface area contributed by atoms with E-state index in [2.05, 4.69) is 46.9 Å². The van der Waals surface area contributed by atoms with Gasteiger partial charge >= 0.3 is 6.03 Å². The van der Waals surface area contributed by atoms with E-state index in [1.807, 2.05) is 18.2 Å². The minimum Gasteiger partial charge on any atom is -0.347 e. The van der Waals surface area contributed by atoms with Crippen LogP contribution in [0.25, 0.3) is 10.2 Å². The van der Waals surface area contributed by atoms with Crippen LogP contribution in [0.4, 0.5) is 21.9 Å². The second-order valence-corrected chi connectivity index (χ2v) is 9.87. The van der Waals surface area contributed by atoms with E-state index in [4.69, 9.17) is 0 Å². The summed E-state index contributed by atoms with van der Waals surface area (Å²) in [5, 5.41) is 10.2. The first-order valence-electron chi connectivity index (χ1n) is 11.1. The molecule has 8 heteroatoms. The summed E-state index contributed by atoms with van der Waals surface area (Å²) in [4.78, 5) is 33.8. The summed E-state index contributed by atoms with van der Waals surface area (Å²) in [7, 11) is 0. The number of piperidine rings is 1. The molecule has 3 aromatic rings. The van der Waals surface area contributed by atoms with Crippen LogP contribution < -0.4 is 20.9 Å². The second kappa shape index (κ2) is 8.52. The molecule has 1 aromatic carbocycles. The number of rotatable bonds is 5.